The number of hydrogen-bond acceptors (Lipinski definition) is 6. The van der Waals surface area contributed by atoms with Crippen molar-refractivity contribution in [3.05, 3.63) is 76.1 Å². The highest BCUT2D eigenvalue weighted by molar-refractivity contribution is 5.96. The number of piperazine rings is 1. The van der Waals surface area contributed by atoms with Gasteiger partial charge in [0.05, 0.1) is 29.6 Å². The molecule has 3 heterocycles. The Balaban J connectivity index is 1.18. The molecule has 2 atom stereocenters. The summed E-state index contributed by atoms with van der Waals surface area (Å²) in [5, 5.41) is 4.50. The van der Waals surface area contributed by atoms with Gasteiger partial charge in [-0.3, -0.25) is 14.6 Å². The van der Waals surface area contributed by atoms with Gasteiger partial charge < -0.3 is 14.5 Å². The lowest BCUT2D eigenvalue weighted by Gasteiger charge is -2.53. The molecule has 246 valence electrons. The number of benzene rings is 1. The van der Waals surface area contributed by atoms with Crippen molar-refractivity contribution < 1.29 is 27.5 Å². The van der Waals surface area contributed by atoms with Gasteiger partial charge in [0.15, 0.2) is 0 Å². The minimum absolute atomic E-state index is 0.00862. The van der Waals surface area contributed by atoms with E-state index in [9.17, 15) is 18.0 Å². The lowest BCUT2D eigenvalue weighted by Crippen LogP contribution is -2.64. The number of methoxy groups -OCH3 is 1. The SMILES string of the molecule is COCC(C1=CC=C(C(F)(F)F)CC1)N1CCN(C2(C)CCN(C(=O)c3c(C)nn(OCc4ccccc4)c3C)CC2)C[C@@H]1C. The highest BCUT2D eigenvalue weighted by atomic mass is 19.4. The van der Waals surface area contributed by atoms with Crippen molar-refractivity contribution in [2.75, 3.05) is 46.4 Å². The fourth-order valence-corrected chi connectivity index (χ4v) is 7.10. The maximum atomic E-state index is 13.7. The first-order valence-electron chi connectivity index (χ1n) is 15.9. The van der Waals surface area contributed by atoms with Crippen LogP contribution in [-0.2, 0) is 11.3 Å². The minimum atomic E-state index is -4.27. The van der Waals surface area contributed by atoms with Crippen LogP contribution in [0.15, 0.2) is 53.6 Å². The van der Waals surface area contributed by atoms with Gasteiger partial charge in [-0.05, 0) is 58.9 Å². The second kappa shape index (κ2) is 13.7. The Bertz CT molecular complexity index is 1400. The number of nitrogens with zero attached hydrogens (tertiary/aromatic N) is 5. The summed E-state index contributed by atoms with van der Waals surface area (Å²) in [5.41, 5.74) is 3.49. The van der Waals surface area contributed by atoms with Crippen LogP contribution in [0.3, 0.4) is 0 Å². The summed E-state index contributed by atoms with van der Waals surface area (Å²) in [6.07, 6.45) is 0.752. The first-order valence-corrected chi connectivity index (χ1v) is 15.9. The molecular weight excluding hydrogens is 583 g/mol. The van der Waals surface area contributed by atoms with E-state index in [4.69, 9.17) is 9.57 Å². The van der Waals surface area contributed by atoms with Crippen molar-refractivity contribution in [2.45, 2.75) is 83.8 Å². The summed E-state index contributed by atoms with van der Waals surface area (Å²) in [6.45, 7) is 12.9. The Morgan fingerprint density at radius 2 is 1.78 bits per heavy atom. The van der Waals surface area contributed by atoms with Crippen LogP contribution in [0.1, 0.15) is 66.8 Å². The molecule has 45 heavy (non-hydrogen) atoms. The number of ether oxygens (including phenoxy) is 1. The van der Waals surface area contributed by atoms with Crippen LogP contribution in [-0.4, -0.2) is 101 Å². The van der Waals surface area contributed by atoms with Crippen LogP contribution in [0.5, 0.6) is 0 Å². The zero-order valence-corrected chi connectivity index (χ0v) is 27.1. The van der Waals surface area contributed by atoms with Crippen molar-refractivity contribution in [1.82, 2.24) is 24.6 Å². The van der Waals surface area contributed by atoms with Gasteiger partial charge in [-0.2, -0.15) is 13.2 Å². The number of aromatic nitrogens is 2. The van der Waals surface area contributed by atoms with Gasteiger partial charge >= 0.3 is 6.18 Å². The zero-order valence-electron chi connectivity index (χ0n) is 27.1. The summed E-state index contributed by atoms with van der Waals surface area (Å²) in [7, 11) is 1.65. The van der Waals surface area contributed by atoms with Crippen molar-refractivity contribution >= 4 is 5.91 Å². The molecule has 1 aromatic carbocycles. The van der Waals surface area contributed by atoms with E-state index >= 15 is 0 Å². The molecule has 0 spiro atoms. The maximum Gasteiger partial charge on any atom is 0.412 e. The van der Waals surface area contributed by atoms with Gasteiger partial charge in [0.2, 0.25) is 0 Å². The standard InChI is InChI=1S/C34H46F3N5O3/c1-24-21-40(19-20-41(24)30(23-44-5)28-11-13-29(14-12-28)34(35,36)37)33(4)15-17-39(18-16-33)32(43)31-25(2)38-42(26(31)3)45-22-27-9-7-6-8-10-27/h6-11,13,24,30H,12,14-23H2,1-5H3/t24-,30?/m0/s1. The van der Waals surface area contributed by atoms with E-state index in [2.05, 4.69) is 28.7 Å². The molecule has 0 bridgehead atoms. The van der Waals surface area contributed by atoms with E-state index in [1.807, 2.05) is 49.1 Å². The summed E-state index contributed by atoms with van der Waals surface area (Å²) >= 11 is 0. The molecule has 1 aliphatic carbocycles. The van der Waals surface area contributed by atoms with Gasteiger partial charge in [-0.25, -0.2) is 0 Å². The lowest BCUT2D eigenvalue weighted by atomic mass is 9.85. The average Bonchev–Trinajstić information content (AvgIpc) is 3.31. The van der Waals surface area contributed by atoms with E-state index in [-0.39, 0.29) is 30.0 Å². The van der Waals surface area contributed by atoms with Gasteiger partial charge in [-0.15, -0.1) is 9.94 Å². The minimum Gasteiger partial charge on any atom is -0.392 e. The molecule has 11 heteroatoms. The highest BCUT2D eigenvalue weighted by Crippen LogP contribution is 2.36. The van der Waals surface area contributed by atoms with Crippen molar-refractivity contribution in [2.24, 2.45) is 0 Å². The fourth-order valence-electron chi connectivity index (χ4n) is 7.10. The number of aryl methyl sites for hydroxylation is 1. The molecule has 2 aliphatic heterocycles. The first-order chi connectivity index (χ1) is 21.4. The topological polar surface area (TPSA) is 63.1 Å². The molecule has 5 rings (SSSR count). The average molecular weight is 630 g/mol. The fraction of sp³-hybridized carbons (Fsp3) is 0.588. The molecule has 0 radical (unpaired) electrons. The van der Waals surface area contributed by atoms with Crippen molar-refractivity contribution in [3.8, 4) is 0 Å². The number of carbonyl (C=O) groups excluding carboxylic acids is 1. The molecule has 2 aromatic rings. The largest absolute Gasteiger partial charge is 0.412 e. The van der Waals surface area contributed by atoms with Crippen molar-refractivity contribution in [1.29, 1.82) is 0 Å². The molecule has 1 unspecified atom stereocenters. The number of alkyl halides is 3. The third-order valence-corrected chi connectivity index (χ3v) is 9.93. The number of allylic oxidation sites excluding steroid dienone is 3. The smallest absolute Gasteiger partial charge is 0.392 e. The van der Waals surface area contributed by atoms with E-state index in [0.29, 0.717) is 49.7 Å². The second-order valence-electron chi connectivity index (χ2n) is 12.9. The van der Waals surface area contributed by atoms with Crippen molar-refractivity contribution in [3.63, 3.8) is 0 Å². The molecule has 0 N–H and O–H groups in total. The van der Waals surface area contributed by atoms with Crippen LogP contribution >= 0.6 is 0 Å². The maximum absolute atomic E-state index is 13.7. The second-order valence-corrected chi connectivity index (χ2v) is 12.9. The quantitative estimate of drug-likeness (QED) is 0.373. The molecule has 0 saturated carbocycles. The molecule has 1 aromatic heterocycles. The van der Waals surface area contributed by atoms with Crippen LogP contribution in [0.2, 0.25) is 0 Å². The third kappa shape index (κ3) is 7.31. The van der Waals surface area contributed by atoms with Crippen LogP contribution in [0.25, 0.3) is 0 Å². The Labute approximate surface area is 264 Å². The van der Waals surface area contributed by atoms with Crippen LogP contribution in [0.4, 0.5) is 13.2 Å². The molecular formula is C34H46F3N5O3. The number of carbonyl (C=O) groups is 1. The van der Waals surface area contributed by atoms with Crippen LogP contribution < -0.4 is 4.84 Å². The third-order valence-electron chi connectivity index (χ3n) is 9.93. The lowest BCUT2D eigenvalue weighted by molar-refractivity contribution is -0.0942. The highest BCUT2D eigenvalue weighted by Gasteiger charge is 2.42. The Morgan fingerprint density at radius 3 is 2.38 bits per heavy atom. The van der Waals surface area contributed by atoms with E-state index in [0.717, 1.165) is 43.6 Å². The normalized spacial score (nSPS) is 22.1. The molecule has 2 fully saturated rings. The predicted octanol–water partition coefficient (Wildman–Crippen LogP) is 5.35. The number of amides is 1. The number of piperidine rings is 1. The number of rotatable bonds is 9. The zero-order chi connectivity index (χ0) is 32.4. The summed E-state index contributed by atoms with van der Waals surface area (Å²) in [5.74, 6) is -0.00862. The molecule has 1 amide bonds. The summed E-state index contributed by atoms with van der Waals surface area (Å²) in [4.78, 5) is 27.9. The van der Waals surface area contributed by atoms with Gasteiger partial charge in [0.1, 0.15) is 6.61 Å². The van der Waals surface area contributed by atoms with E-state index in [1.165, 1.54) is 10.9 Å². The van der Waals surface area contributed by atoms with Crippen LogP contribution in [0, 0.1) is 13.8 Å². The van der Waals surface area contributed by atoms with Gasteiger partial charge in [-0.1, -0.05) is 48.1 Å². The van der Waals surface area contributed by atoms with Gasteiger partial charge in [0, 0.05) is 57.0 Å². The molecule has 3 aliphatic rings. The monoisotopic (exact) mass is 629 g/mol. The van der Waals surface area contributed by atoms with Gasteiger partial charge in [0.25, 0.3) is 5.91 Å². The number of likely N-dealkylation sites (tertiary alicyclic amines) is 1. The Kier molecular flexibility index (Phi) is 10.1. The predicted molar refractivity (Wildman–Crippen MR) is 167 cm³/mol. The molecule has 8 nitrogen and oxygen atoms in total. The molecule has 2 saturated heterocycles. The summed E-state index contributed by atoms with van der Waals surface area (Å²) < 4.78 is 45.1. The Hall–Kier alpha value is -3.15. The Morgan fingerprint density at radius 1 is 1.07 bits per heavy atom. The van der Waals surface area contributed by atoms with E-state index < -0.39 is 11.7 Å². The number of hydrogen-bond donors (Lipinski definition) is 0. The number of halogens is 3. The first kappa shape index (κ1) is 33.2. The summed E-state index contributed by atoms with van der Waals surface area (Å²) in [6, 6.07) is 10.0. The van der Waals surface area contributed by atoms with E-state index in [1.54, 1.807) is 13.2 Å².